The van der Waals surface area contributed by atoms with E-state index in [9.17, 15) is 9.59 Å². The molecule has 164 valence electrons. The third kappa shape index (κ3) is 4.36. The molecule has 8 nitrogen and oxygen atoms in total. The Hall–Kier alpha value is -3.65. The van der Waals surface area contributed by atoms with Crippen LogP contribution in [0.5, 0.6) is 5.75 Å². The van der Waals surface area contributed by atoms with E-state index < -0.39 is 0 Å². The maximum Gasteiger partial charge on any atom is 0.414 e. The topological polar surface area (TPSA) is 92.8 Å². The highest BCUT2D eigenvalue weighted by Gasteiger charge is 2.32. The van der Waals surface area contributed by atoms with Crippen LogP contribution in [0.3, 0.4) is 0 Å². The number of nitrogens with zero attached hydrogens (tertiary/aromatic N) is 2. The lowest BCUT2D eigenvalue weighted by Gasteiger charge is -2.20. The highest BCUT2D eigenvalue weighted by atomic mass is 16.6. The molecular weight excluding hydrogens is 408 g/mol. The van der Waals surface area contributed by atoms with E-state index in [2.05, 4.69) is 27.8 Å². The molecule has 2 aromatic carbocycles. The zero-order valence-corrected chi connectivity index (χ0v) is 17.5. The Morgan fingerprint density at radius 1 is 1.12 bits per heavy atom. The summed E-state index contributed by atoms with van der Waals surface area (Å²) in [6, 6.07) is 17.5. The molecule has 32 heavy (non-hydrogen) atoms. The number of aromatic nitrogens is 1. The number of amides is 2. The number of fused-ring (bicyclic) bond motifs is 2. The number of benzene rings is 2. The molecule has 1 fully saturated rings. The van der Waals surface area contributed by atoms with E-state index in [1.54, 1.807) is 23.1 Å². The minimum Gasteiger partial charge on any atom is -0.482 e. The lowest BCUT2D eigenvalue weighted by molar-refractivity contribution is -0.118. The zero-order valence-electron chi connectivity index (χ0n) is 17.5. The molecule has 0 radical (unpaired) electrons. The Morgan fingerprint density at radius 3 is 2.97 bits per heavy atom. The van der Waals surface area contributed by atoms with Gasteiger partial charge in [-0.05, 0) is 49.7 Å². The van der Waals surface area contributed by atoms with Crippen LogP contribution in [0.15, 0.2) is 54.6 Å². The molecule has 3 heterocycles. The van der Waals surface area contributed by atoms with Crippen LogP contribution in [-0.4, -0.2) is 42.8 Å². The highest BCUT2D eigenvalue weighted by molar-refractivity contribution is 5.97. The van der Waals surface area contributed by atoms with Crippen LogP contribution < -0.4 is 20.3 Å². The number of hydrogen-bond donors (Lipinski definition) is 2. The summed E-state index contributed by atoms with van der Waals surface area (Å²) < 4.78 is 10.9. The number of nitrogens with one attached hydrogen (secondary N) is 2. The van der Waals surface area contributed by atoms with Crippen molar-refractivity contribution in [3.63, 3.8) is 0 Å². The van der Waals surface area contributed by atoms with Crippen LogP contribution in [-0.2, 0) is 16.1 Å². The molecular formula is C24H24N4O4. The van der Waals surface area contributed by atoms with Gasteiger partial charge in [-0.1, -0.05) is 24.3 Å². The molecule has 0 bridgehead atoms. The number of carbonyl (C=O) groups excluding carboxylic acids is 2. The molecule has 5 rings (SSSR count). The van der Waals surface area contributed by atoms with Crippen molar-refractivity contribution < 1.29 is 19.1 Å². The van der Waals surface area contributed by atoms with Crippen LogP contribution in [0.25, 0.3) is 10.9 Å². The van der Waals surface area contributed by atoms with E-state index in [1.165, 1.54) is 0 Å². The first-order valence-electron chi connectivity index (χ1n) is 10.8. The van der Waals surface area contributed by atoms with Gasteiger partial charge in [0.05, 0.1) is 23.4 Å². The van der Waals surface area contributed by atoms with Gasteiger partial charge in [0.1, 0.15) is 11.9 Å². The molecule has 2 amide bonds. The summed E-state index contributed by atoms with van der Waals surface area (Å²) in [5, 5.41) is 7.31. The second-order valence-corrected chi connectivity index (χ2v) is 7.95. The molecule has 0 spiro atoms. The Kier molecular flexibility index (Phi) is 5.60. The molecule has 2 N–H and O–H groups in total. The van der Waals surface area contributed by atoms with Crippen LogP contribution in [0, 0.1) is 0 Å². The van der Waals surface area contributed by atoms with Crippen molar-refractivity contribution >= 4 is 34.3 Å². The molecule has 8 heteroatoms. The van der Waals surface area contributed by atoms with Gasteiger partial charge in [-0.3, -0.25) is 14.7 Å². The number of pyridine rings is 1. The fourth-order valence-corrected chi connectivity index (χ4v) is 4.00. The smallest absolute Gasteiger partial charge is 0.414 e. The maximum atomic E-state index is 12.4. The van der Waals surface area contributed by atoms with Crippen molar-refractivity contribution in [1.29, 1.82) is 0 Å². The first kappa shape index (κ1) is 20.3. The van der Waals surface area contributed by atoms with Gasteiger partial charge >= 0.3 is 6.09 Å². The third-order valence-electron chi connectivity index (χ3n) is 5.62. The minimum atomic E-state index is -0.369. The summed E-state index contributed by atoms with van der Waals surface area (Å²) in [7, 11) is 0. The lowest BCUT2D eigenvalue weighted by Crippen LogP contribution is -2.27. The Balaban J connectivity index is 1.10. The van der Waals surface area contributed by atoms with Crippen molar-refractivity contribution in [3.05, 3.63) is 60.3 Å². The van der Waals surface area contributed by atoms with Gasteiger partial charge < -0.3 is 20.1 Å². The molecule has 1 atom stereocenters. The van der Waals surface area contributed by atoms with E-state index in [1.807, 2.05) is 24.3 Å². The molecule has 2 aliphatic heterocycles. The van der Waals surface area contributed by atoms with Crippen LogP contribution in [0.1, 0.15) is 18.5 Å². The average Bonchev–Trinajstić information content (AvgIpc) is 3.18. The molecule has 1 aromatic heterocycles. The standard InChI is InChI=1S/C24H24N4O4/c29-23-15-31-22-10-9-18(12-21(22)27-23)28-14-19(32-24(28)30)5-3-11-25-13-17-8-7-16-4-1-2-6-20(16)26-17/h1-2,4,6-10,12,19,25H,3,5,11,13-15H2,(H,27,29)/t19-/m1/s1. The average molecular weight is 432 g/mol. The van der Waals surface area contributed by atoms with E-state index in [0.29, 0.717) is 30.2 Å². The number of hydrogen-bond acceptors (Lipinski definition) is 6. The first-order chi connectivity index (χ1) is 15.7. The fourth-order valence-electron chi connectivity index (χ4n) is 4.00. The first-order valence-corrected chi connectivity index (χ1v) is 10.8. The maximum absolute atomic E-state index is 12.4. The van der Waals surface area contributed by atoms with Crippen molar-refractivity contribution in [2.24, 2.45) is 0 Å². The quantitative estimate of drug-likeness (QED) is 0.556. The van der Waals surface area contributed by atoms with Gasteiger partial charge in [-0.15, -0.1) is 0 Å². The normalized spacial score (nSPS) is 17.6. The predicted molar refractivity (Wildman–Crippen MR) is 121 cm³/mol. The van der Waals surface area contributed by atoms with Gasteiger partial charge in [0.25, 0.3) is 5.91 Å². The van der Waals surface area contributed by atoms with Crippen molar-refractivity contribution in [3.8, 4) is 5.75 Å². The van der Waals surface area contributed by atoms with E-state index in [0.717, 1.165) is 36.0 Å². The number of carbonyl (C=O) groups is 2. The monoisotopic (exact) mass is 432 g/mol. The SMILES string of the molecule is O=C1COc2ccc(N3C[C@@H](CCCNCc4ccc5ccccc5n4)OC3=O)cc2N1. The third-order valence-corrected chi connectivity index (χ3v) is 5.62. The molecule has 0 saturated carbocycles. The summed E-state index contributed by atoms with van der Waals surface area (Å²) in [6.07, 6.45) is 1.12. The highest BCUT2D eigenvalue weighted by Crippen LogP contribution is 2.33. The minimum absolute atomic E-state index is 0.00510. The number of anilines is 2. The molecule has 0 aliphatic carbocycles. The number of para-hydroxylation sites is 1. The Bertz CT molecular complexity index is 1170. The molecule has 0 unspecified atom stereocenters. The van der Waals surface area contributed by atoms with Crippen molar-refractivity contribution in [1.82, 2.24) is 10.3 Å². The molecule has 3 aromatic rings. The van der Waals surface area contributed by atoms with E-state index in [-0.39, 0.29) is 24.7 Å². The van der Waals surface area contributed by atoms with Crippen LogP contribution in [0.4, 0.5) is 16.2 Å². The van der Waals surface area contributed by atoms with Crippen LogP contribution >= 0.6 is 0 Å². The largest absolute Gasteiger partial charge is 0.482 e. The Labute approximate surface area is 185 Å². The van der Waals surface area contributed by atoms with Gasteiger partial charge in [0.2, 0.25) is 0 Å². The fraction of sp³-hybridized carbons (Fsp3) is 0.292. The number of rotatable bonds is 7. The molecule has 1 saturated heterocycles. The Morgan fingerprint density at radius 2 is 2.03 bits per heavy atom. The van der Waals surface area contributed by atoms with Crippen molar-refractivity contribution in [2.45, 2.75) is 25.5 Å². The van der Waals surface area contributed by atoms with E-state index >= 15 is 0 Å². The van der Waals surface area contributed by atoms with E-state index in [4.69, 9.17) is 9.47 Å². The molecule has 2 aliphatic rings. The summed E-state index contributed by atoms with van der Waals surface area (Å²) >= 11 is 0. The van der Waals surface area contributed by atoms with Crippen LogP contribution in [0.2, 0.25) is 0 Å². The zero-order chi connectivity index (χ0) is 21.9. The summed E-state index contributed by atoms with van der Waals surface area (Å²) in [6.45, 7) is 2.00. The van der Waals surface area contributed by atoms with Gasteiger partial charge in [-0.2, -0.15) is 0 Å². The summed E-state index contributed by atoms with van der Waals surface area (Å²) in [4.78, 5) is 30.2. The predicted octanol–water partition coefficient (Wildman–Crippen LogP) is 3.46. The second-order valence-electron chi connectivity index (χ2n) is 7.95. The van der Waals surface area contributed by atoms with Gasteiger partial charge in [0.15, 0.2) is 6.61 Å². The summed E-state index contributed by atoms with van der Waals surface area (Å²) in [5.74, 6) is 0.396. The second kappa shape index (κ2) is 8.84. The van der Waals surface area contributed by atoms with Gasteiger partial charge in [-0.25, -0.2) is 4.79 Å². The number of cyclic esters (lactones) is 1. The summed E-state index contributed by atoms with van der Waals surface area (Å²) in [5.41, 5.74) is 3.26. The van der Waals surface area contributed by atoms with Crippen molar-refractivity contribution in [2.75, 3.05) is 29.9 Å². The lowest BCUT2D eigenvalue weighted by atomic mass is 10.1. The van der Waals surface area contributed by atoms with Gasteiger partial charge in [0, 0.05) is 17.6 Å². The number of ether oxygens (including phenoxy) is 2.